The molecule has 0 aliphatic rings. The summed E-state index contributed by atoms with van der Waals surface area (Å²) >= 11 is 5.58. The maximum atomic E-state index is 13.4. The van der Waals surface area contributed by atoms with Crippen molar-refractivity contribution in [3.63, 3.8) is 0 Å². The normalized spacial score (nSPS) is 12.6. The van der Waals surface area contributed by atoms with E-state index in [0.29, 0.717) is 6.42 Å². The number of halogens is 3. The van der Waals surface area contributed by atoms with Gasteiger partial charge in [-0.2, -0.15) is 0 Å². The van der Waals surface area contributed by atoms with Gasteiger partial charge in [0.1, 0.15) is 11.6 Å². The van der Waals surface area contributed by atoms with Gasteiger partial charge in [0, 0.05) is 12.0 Å². The Morgan fingerprint density at radius 3 is 2.75 bits per heavy atom. The van der Waals surface area contributed by atoms with Crippen molar-refractivity contribution in [1.82, 2.24) is 0 Å². The second-order valence-corrected chi connectivity index (χ2v) is 4.06. The van der Waals surface area contributed by atoms with Crippen LogP contribution in [0.3, 0.4) is 0 Å². The van der Waals surface area contributed by atoms with Gasteiger partial charge in [0.05, 0.1) is 5.02 Å². The lowest BCUT2D eigenvalue weighted by atomic mass is 10.2. The Labute approximate surface area is 99.4 Å². The highest BCUT2D eigenvalue weighted by molar-refractivity contribution is 6.30. The molecule has 0 heterocycles. The van der Waals surface area contributed by atoms with Crippen molar-refractivity contribution in [3.05, 3.63) is 28.5 Å². The van der Waals surface area contributed by atoms with Gasteiger partial charge in [0.25, 0.3) is 0 Å². The fraction of sp³-hybridized carbons (Fsp3) is 0.500. The first-order valence-electron chi connectivity index (χ1n) is 5.31. The van der Waals surface area contributed by atoms with Crippen molar-refractivity contribution in [1.29, 1.82) is 0 Å². The summed E-state index contributed by atoms with van der Waals surface area (Å²) in [6, 6.07) is 2.85. The smallest absolute Gasteiger partial charge is 0.238 e. The van der Waals surface area contributed by atoms with Gasteiger partial charge in [0.15, 0.2) is 0 Å². The van der Waals surface area contributed by atoms with E-state index in [4.69, 9.17) is 16.3 Å². The molecule has 4 heteroatoms. The molecule has 0 saturated carbocycles. The number of rotatable bonds is 5. The monoisotopic (exact) mass is 248 g/mol. The van der Waals surface area contributed by atoms with Crippen molar-refractivity contribution >= 4 is 11.6 Å². The zero-order valence-electron chi connectivity index (χ0n) is 9.40. The molecule has 1 aromatic carbocycles. The number of hydrogen-bond donors (Lipinski definition) is 0. The van der Waals surface area contributed by atoms with E-state index in [1.807, 2.05) is 6.92 Å². The van der Waals surface area contributed by atoms with Gasteiger partial charge < -0.3 is 4.74 Å². The highest BCUT2D eigenvalue weighted by Gasteiger charge is 2.13. The molecule has 0 saturated heterocycles. The van der Waals surface area contributed by atoms with Gasteiger partial charge >= 0.3 is 0 Å². The Hall–Kier alpha value is -0.830. The highest BCUT2D eigenvalue weighted by Crippen LogP contribution is 2.27. The Balaban J connectivity index is 2.70. The zero-order chi connectivity index (χ0) is 12.1. The highest BCUT2D eigenvalue weighted by atomic mass is 35.5. The van der Waals surface area contributed by atoms with Crippen LogP contribution in [0.5, 0.6) is 5.75 Å². The number of hydrogen-bond acceptors (Lipinski definition) is 1. The molecule has 1 unspecified atom stereocenters. The topological polar surface area (TPSA) is 9.23 Å². The number of unbranched alkanes of at least 4 members (excludes halogenated alkanes) is 1. The van der Waals surface area contributed by atoms with E-state index in [1.54, 1.807) is 0 Å². The van der Waals surface area contributed by atoms with Crippen molar-refractivity contribution in [2.45, 2.75) is 39.5 Å². The van der Waals surface area contributed by atoms with Crippen LogP contribution in [0.2, 0.25) is 5.02 Å². The summed E-state index contributed by atoms with van der Waals surface area (Å²) in [4.78, 5) is 0. The van der Waals surface area contributed by atoms with E-state index in [1.165, 1.54) is 19.1 Å². The van der Waals surface area contributed by atoms with Gasteiger partial charge in [0.2, 0.25) is 6.36 Å². The molecule has 1 atom stereocenters. The van der Waals surface area contributed by atoms with E-state index in [0.717, 1.165) is 12.8 Å². The minimum Gasteiger partial charge on any atom is -0.460 e. The van der Waals surface area contributed by atoms with E-state index >= 15 is 0 Å². The summed E-state index contributed by atoms with van der Waals surface area (Å²) in [6.45, 7) is 3.49. The van der Waals surface area contributed by atoms with Crippen molar-refractivity contribution in [3.8, 4) is 5.75 Å². The minimum atomic E-state index is -1.39. The third kappa shape index (κ3) is 3.34. The molecule has 0 bridgehead atoms. The van der Waals surface area contributed by atoms with Crippen LogP contribution in [-0.2, 0) is 0 Å². The van der Waals surface area contributed by atoms with Crippen molar-refractivity contribution in [2.75, 3.05) is 0 Å². The summed E-state index contributed by atoms with van der Waals surface area (Å²) in [5, 5.41) is 0.0221. The van der Waals surface area contributed by atoms with Gasteiger partial charge in [-0.1, -0.05) is 24.9 Å². The van der Waals surface area contributed by atoms with E-state index in [9.17, 15) is 8.78 Å². The minimum absolute atomic E-state index is 0.0221. The van der Waals surface area contributed by atoms with Gasteiger partial charge in [-0.05, 0) is 25.5 Å². The number of benzene rings is 1. The summed E-state index contributed by atoms with van der Waals surface area (Å²) in [5.41, 5.74) is 0.242. The molecule has 0 spiro atoms. The molecule has 1 rings (SSSR count). The first-order chi connectivity index (χ1) is 7.56. The van der Waals surface area contributed by atoms with E-state index in [-0.39, 0.29) is 16.3 Å². The molecular weight excluding hydrogens is 234 g/mol. The summed E-state index contributed by atoms with van der Waals surface area (Å²) in [7, 11) is 0. The predicted molar refractivity (Wildman–Crippen MR) is 61.2 cm³/mol. The number of ether oxygens (including phenoxy) is 1. The molecule has 16 heavy (non-hydrogen) atoms. The third-order valence-electron chi connectivity index (χ3n) is 2.33. The van der Waals surface area contributed by atoms with Crippen LogP contribution in [-0.4, -0.2) is 6.36 Å². The maximum Gasteiger partial charge on any atom is 0.238 e. The first kappa shape index (κ1) is 13.2. The fourth-order valence-electron chi connectivity index (χ4n) is 1.32. The molecule has 0 radical (unpaired) electrons. The first-order valence-corrected chi connectivity index (χ1v) is 5.69. The van der Waals surface area contributed by atoms with Gasteiger partial charge in [-0.15, -0.1) is 0 Å². The molecule has 90 valence electrons. The van der Waals surface area contributed by atoms with Crippen LogP contribution in [0.15, 0.2) is 12.1 Å². The Morgan fingerprint density at radius 1 is 1.44 bits per heavy atom. The average molecular weight is 249 g/mol. The fourth-order valence-corrected chi connectivity index (χ4v) is 1.53. The van der Waals surface area contributed by atoms with Crippen LogP contribution < -0.4 is 4.74 Å². The lowest BCUT2D eigenvalue weighted by Crippen LogP contribution is -2.10. The molecule has 1 nitrogen and oxygen atoms in total. The Morgan fingerprint density at radius 2 is 2.12 bits per heavy atom. The van der Waals surface area contributed by atoms with Crippen LogP contribution in [0.25, 0.3) is 0 Å². The van der Waals surface area contributed by atoms with Crippen molar-refractivity contribution < 1.29 is 13.5 Å². The lowest BCUT2D eigenvalue weighted by molar-refractivity contribution is 0.0564. The average Bonchev–Trinajstić information content (AvgIpc) is 2.27. The lowest BCUT2D eigenvalue weighted by Gasteiger charge is -2.13. The second-order valence-electron chi connectivity index (χ2n) is 3.65. The van der Waals surface area contributed by atoms with E-state index in [2.05, 4.69) is 0 Å². The Kier molecular flexibility index (Phi) is 5.00. The summed E-state index contributed by atoms with van der Waals surface area (Å²) in [5.74, 6) is -0.340. The van der Waals surface area contributed by atoms with Crippen LogP contribution in [0.1, 0.15) is 31.7 Å². The third-order valence-corrected chi connectivity index (χ3v) is 2.62. The molecule has 0 aliphatic carbocycles. The van der Waals surface area contributed by atoms with Crippen LogP contribution >= 0.6 is 11.6 Å². The van der Waals surface area contributed by atoms with Crippen LogP contribution in [0.4, 0.5) is 8.78 Å². The molecular formula is C12H15ClF2O. The standard InChI is InChI=1S/C12H15ClF2O/c1-3-4-5-11(14)16-10-7-6-9(13)12(15)8(10)2/h6-7,11H,3-5H2,1-2H3. The van der Waals surface area contributed by atoms with Crippen molar-refractivity contribution in [2.24, 2.45) is 0 Å². The Bertz CT molecular complexity index is 355. The summed E-state index contributed by atoms with van der Waals surface area (Å²) < 4.78 is 31.7. The largest absolute Gasteiger partial charge is 0.460 e. The quantitative estimate of drug-likeness (QED) is 0.737. The molecule has 0 aromatic heterocycles. The van der Waals surface area contributed by atoms with E-state index < -0.39 is 12.2 Å². The summed E-state index contributed by atoms with van der Waals surface area (Å²) in [6.07, 6.45) is 0.577. The van der Waals surface area contributed by atoms with Crippen LogP contribution in [0, 0.1) is 12.7 Å². The SMILES string of the molecule is CCCCC(F)Oc1ccc(Cl)c(F)c1C. The molecule has 0 aliphatic heterocycles. The molecule has 0 fully saturated rings. The molecule has 0 amide bonds. The zero-order valence-corrected chi connectivity index (χ0v) is 10.2. The molecule has 0 N–H and O–H groups in total. The van der Waals surface area contributed by atoms with Gasteiger partial charge in [-0.25, -0.2) is 8.78 Å². The molecule has 1 aromatic rings. The number of alkyl halides is 1. The maximum absolute atomic E-state index is 13.4. The predicted octanol–water partition coefficient (Wildman–Crippen LogP) is 4.65. The van der Waals surface area contributed by atoms with Gasteiger partial charge in [-0.3, -0.25) is 0 Å². The second kappa shape index (κ2) is 6.04.